The minimum Gasteiger partial charge on any atom is -0.394 e. The van der Waals surface area contributed by atoms with Crippen LogP contribution in [-0.4, -0.2) is 38.6 Å². The molecule has 0 saturated carbocycles. The van der Waals surface area contributed by atoms with Crippen molar-refractivity contribution in [1.29, 1.82) is 0 Å². The second-order valence-corrected chi connectivity index (χ2v) is 4.31. The molecule has 0 aliphatic carbocycles. The molecule has 100 valence electrons. The molecular weight excluding hydrogens is 238 g/mol. The molecule has 1 aromatic rings. The highest BCUT2D eigenvalue weighted by Crippen LogP contribution is 2.27. The fourth-order valence-electron chi connectivity index (χ4n) is 2.05. The number of aromatic nitrogens is 2. The average molecular weight is 255 g/mol. The normalized spacial score (nSPS) is 27.6. The smallest absolute Gasteiger partial charge is 0.351 e. The maximum absolute atomic E-state index is 11.7. The topological polar surface area (TPSA) is 111 Å². The summed E-state index contributed by atoms with van der Waals surface area (Å²) in [6, 6.07) is 0. The van der Waals surface area contributed by atoms with Crippen molar-refractivity contribution < 1.29 is 14.9 Å². The van der Waals surface area contributed by atoms with Crippen molar-refractivity contribution in [3.8, 4) is 0 Å². The third-order valence-electron chi connectivity index (χ3n) is 3.14. The van der Waals surface area contributed by atoms with Gasteiger partial charge in [0.25, 0.3) is 0 Å². The Morgan fingerprint density at radius 3 is 2.94 bits per heavy atom. The number of anilines is 1. The van der Waals surface area contributed by atoms with E-state index in [1.165, 1.54) is 4.57 Å². The predicted molar refractivity (Wildman–Crippen MR) is 63.9 cm³/mol. The van der Waals surface area contributed by atoms with E-state index in [9.17, 15) is 9.90 Å². The van der Waals surface area contributed by atoms with E-state index in [0.29, 0.717) is 6.42 Å². The fourth-order valence-corrected chi connectivity index (χ4v) is 2.05. The molecule has 0 unspecified atom stereocenters. The third kappa shape index (κ3) is 2.24. The molecule has 1 aromatic heterocycles. The summed E-state index contributed by atoms with van der Waals surface area (Å²) in [6.45, 7) is 1.62. The van der Waals surface area contributed by atoms with Gasteiger partial charge in [0.15, 0.2) is 0 Å². The zero-order valence-corrected chi connectivity index (χ0v) is 10.1. The van der Waals surface area contributed by atoms with E-state index in [-0.39, 0.29) is 18.8 Å². The van der Waals surface area contributed by atoms with Gasteiger partial charge in [-0.3, -0.25) is 4.57 Å². The lowest BCUT2D eigenvalue weighted by Gasteiger charge is -2.15. The van der Waals surface area contributed by atoms with Crippen molar-refractivity contribution in [2.45, 2.75) is 38.2 Å². The molecule has 4 N–H and O–H groups in total. The maximum atomic E-state index is 11.7. The molecule has 0 spiro atoms. The first-order chi connectivity index (χ1) is 8.56. The number of nitrogens with zero attached hydrogens (tertiary/aromatic N) is 2. The lowest BCUT2D eigenvalue weighted by atomic mass is 10.2. The summed E-state index contributed by atoms with van der Waals surface area (Å²) in [5.41, 5.74) is 5.86. The molecule has 3 atom stereocenters. The summed E-state index contributed by atoms with van der Waals surface area (Å²) in [6.07, 6.45) is 0.446. The van der Waals surface area contributed by atoms with E-state index < -0.39 is 24.1 Å². The molecule has 0 aromatic carbocycles. The summed E-state index contributed by atoms with van der Waals surface area (Å²) in [7, 11) is 0. The molecule has 2 rings (SSSR count). The predicted octanol–water partition coefficient (Wildman–Crippen LogP) is -0.971. The highest BCUT2D eigenvalue weighted by molar-refractivity contribution is 5.36. The van der Waals surface area contributed by atoms with E-state index >= 15 is 0 Å². The van der Waals surface area contributed by atoms with E-state index in [4.69, 9.17) is 15.6 Å². The molecule has 2 heterocycles. The lowest BCUT2D eigenvalue weighted by Crippen LogP contribution is -2.29. The quantitative estimate of drug-likeness (QED) is 0.641. The Bertz CT molecular complexity index is 488. The van der Waals surface area contributed by atoms with Crippen molar-refractivity contribution in [1.82, 2.24) is 9.55 Å². The van der Waals surface area contributed by atoms with Gasteiger partial charge in [-0.2, -0.15) is 4.98 Å². The van der Waals surface area contributed by atoms with Crippen LogP contribution in [0.25, 0.3) is 0 Å². The molecule has 1 fully saturated rings. The lowest BCUT2D eigenvalue weighted by molar-refractivity contribution is -0.0459. The number of nitrogen functional groups attached to an aromatic ring is 1. The number of ether oxygens (including phenoxy) is 1. The van der Waals surface area contributed by atoms with Crippen LogP contribution in [0.1, 0.15) is 25.1 Å². The summed E-state index contributed by atoms with van der Waals surface area (Å²) >= 11 is 0. The molecule has 1 aliphatic heterocycles. The van der Waals surface area contributed by atoms with Gasteiger partial charge in [0.05, 0.1) is 12.7 Å². The highest BCUT2D eigenvalue weighted by Gasteiger charge is 2.35. The minimum atomic E-state index is -0.783. The van der Waals surface area contributed by atoms with Gasteiger partial charge in [-0.1, -0.05) is 6.92 Å². The summed E-state index contributed by atoms with van der Waals surface area (Å²) < 4.78 is 6.72. The number of hydrogen-bond acceptors (Lipinski definition) is 6. The van der Waals surface area contributed by atoms with E-state index in [0.717, 1.165) is 5.56 Å². The molecule has 18 heavy (non-hydrogen) atoms. The van der Waals surface area contributed by atoms with Crippen LogP contribution >= 0.6 is 0 Å². The van der Waals surface area contributed by atoms with Crippen LogP contribution in [0.15, 0.2) is 11.0 Å². The van der Waals surface area contributed by atoms with Crippen LogP contribution in [0.5, 0.6) is 0 Å². The van der Waals surface area contributed by atoms with Gasteiger partial charge in [0, 0.05) is 18.2 Å². The van der Waals surface area contributed by atoms with Crippen molar-refractivity contribution >= 4 is 5.82 Å². The zero-order chi connectivity index (χ0) is 13.3. The van der Waals surface area contributed by atoms with Gasteiger partial charge in [-0.25, -0.2) is 4.79 Å². The fraction of sp³-hybridized carbons (Fsp3) is 0.636. The minimum absolute atomic E-state index is 0.219. The largest absolute Gasteiger partial charge is 0.394 e. The Hall–Kier alpha value is -1.44. The molecule has 0 bridgehead atoms. The van der Waals surface area contributed by atoms with Crippen molar-refractivity contribution in [3.05, 3.63) is 22.2 Å². The molecule has 7 nitrogen and oxygen atoms in total. The first-order valence-electron chi connectivity index (χ1n) is 5.88. The van der Waals surface area contributed by atoms with Crippen molar-refractivity contribution in [2.75, 3.05) is 12.3 Å². The van der Waals surface area contributed by atoms with Crippen LogP contribution < -0.4 is 11.4 Å². The number of nitrogens with two attached hydrogens (primary N) is 1. The molecule has 7 heteroatoms. The molecular formula is C11H17N3O4. The Labute approximate surface area is 104 Å². The van der Waals surface area contributed by atoms with Crippen LogP contribution in [0.4, 0.5) is 5.82 Å². The number of aryl methyl sites for hydroxylation is 1. The van der Waals surface area contributed by atoms with Crippen molar-refractivity contribution in [3.63, 3.8) is 0 Å². The van der Waals surface area contributed by atoms with E-state index in [1.54, 1.807) is 6.20 Å². The van der Waals surface area contributed by atoms with Crippen LogP contribution in [0.2, 0.25) is 0 Å². The second-order valence-electron chi connectivity index (χ2n) is 4.31. The number of aliphatic hydroxyl groups excluding tert-OH is 2. The van der Waals surface area contributed by atoms with Gasteiger partial charge >= 0.3 is 5.69 Å². The van der Waals surface area contributed by atoms with Gasteiger partial charge in [-0.05, 0) is 6.42 Å². The summed E-state index contributed by atoms with van der Waals surface area (Å²) in [4.78, 5) is 15.5. The van der Waals surface area contributed by atoms with Crippen LogP contribution in [0.3, 0.4) is 0 Å². The maximum Gasteiger partial charge on any atom is 0.351 e. The number of hydrogen-bond donors (Lipinski definition) is 3. The SMILES string of the molecule is CCc1cn([C@H]2C[C@@H](O)[C@H](CO)O2)c(=O)nc1N. The number of aliphatic hydroxyl groups is 2. The average Bonchev–Trinajstić information content (AvgIpc) is 2.70. The Morgan fingerprint density at radius 1 is 1.67 bits per heavy atom. The molecule has 0 amide bonds. The summed E-state index contributed by atoms with van der Waals surface area (Å²) in [5, 5.41) is 18.7. The standard InChI is InChI=1S/C11H17N3O4/c1-2-6-4-14(11(17)13-10(6)12)9-3-7(16)8(5-15)18-9/h4,7-9,15-16H,2-3,5H2,1H3,(H2,12,13,17)/t7-,8+,9-/m1/s1. The first-order valence-corrected chi connectivity index (χ1v) is 5.88. The Kier molecular flexibility index (Phi) is 3.65. The van der Waals surface area contributed by atoms with E-state index in [1.807, 2.05) is 6.92 Å². The zero-order valence-electron chi connectivity index (χ0n) is 10.1. The molecule has 1 saturated heterocycles. The Morgan fingerprint density at radius 2 is 2.39 bits per heavy atom. The van der Waals surface area contributed by atoms with Crippen LogP contribution in [-0.2, 0) is 11.2 Å². The van der Waals surface area contributed by atoms with Crippen molar-refractivity contribution in [2.24, 2.45) is 0 Å². The van der Waals surface area contributed by atoms with Gasteiger partial charge < -0.3 is 20.7 Å². The van der Waals surface area contributed by atoms with Gasteiger partial charge in [0.2, 0.25) is 0 Å². The monoisotopic (exact) mass is 255 g/mol. The first kappa shape index (κ1) is 13.0. The second kappa shape index (κ2) is 5.05. The highest BCUT2D eigenvalue weighted by atomic mass is 16.5. The Balaban J connectivity index is 2.32. The van der Waals surface area contributed by atoms with Gasteiger partial charge in [0.1, 0.15) is 18.1 Å². The van der Waals surface area contributed by atoms with E-state index in [2.05, 4.69) is 4.98 Å². The molecule has 0 radical (unpaired) electrons. The van der Waals surface area contributed by atoms with Gasteiger partial charge in [-0.15, -0.1) is 0 Å². The number of rotatable bonds is 3. The third-order valence-corrected chi connectivity index (χ3v) is 3.14. The summed E-state index contributed by atoms with van der Waals surface area (Å²) in [5.74, 6) is 0.219. The molecule has 1 aliphatic rings. The van der Waals surface area contributed by atoms with Crippen LogP contribution in [0, 0.1) is 0 Å².